The van der Waals surface area contributed by atoms with Gasteiger partial charge in [0, 0.05) is 11.9 Å². The van der Waals surface area contributed by atoms with Crippen molar-refractivity contribution in [1.29, 1.82) is 0 Å². The molecule has 0 aliphatic rings. The highest BCUT2D eigenvalue weighted by Crippen LogP contribution is 2.16. The first-order valence-electron chi connectivity index (χ1n) is 5.22. The molecule has 1 aromatic carbocycles. The van der Waals surface area contributed by atoms with Crippen LogP contribution in [0.15, 0.2) is 41.6 Å². The molecule has 1 aromatic heterocycles. The van der Waals surface area contributed by atoms with Crippen LogP contribution in [-0.2, 0) is 16.4 Å². The van der Waals surface area contributed by atoms with Gasteiger partial charge in [0.05, 0.1) is 6.20 Å². The van der Waals surface area contributed by atoms with Crippen LogP contribution in [0, 0.1) is 0 Å². The van der Waals surface area contributed by atoms with E-state index in [1.165, 1.54) is 12.4 Å². The molecule has 0 fully saturated rings. The Balaban J connectivity index is 2.26. The highest BCUT2D eigenvalue weighted by atomic mass is 32.2. The van der Waals surface area contributed by atoms with Crippen molar-refractivity contribution in [2.45, 2.75) is 18.2 Å². The number of aromatic amines is 1. The molecule has 90 valence electrons. The number of benzene rings is 1. The number of rotatable bonds is 4. The lowest BCUT2D eigenvalue weighted by Crippen LogP contribution is -2.12. The van der Waals surface area contributed by atoms with Gasteiger partial charge in [-0.05, 0) is 24.1 Å². The van der Waals surface area contributed by atoms with E-state index in [0.29, 0.717) is 5.69 Å². The molecule has 0 radical (unpaired) electrons. The highest BCUT2D eigenvalue weighted by Gasteiger charge is 2.14. The van der Waals surface area contributed by atoms with Gasteiger partial charge in [0.1, 0.15) is 4.90 Å². The van der Waals surface area contributed by atoms with E-state index < -0.39 is 10.0 Å². The summed E-state index contributed by atoms with van der Waals surface area (Å²) < 4.78 is 26.3. The van der Waals surface area contributed by atoms with Crippen LogP contribution in [0.25, 0.3) is 0 Å². The second kappa shape index (κ2) is 4.58. The van der Waals surface area contributed by atoms with Gasteiger partial charge in [-0.2, -0.15) is 5.10 Å². The first-order valence-corrected chi connectivity index (χ1v) is 6.70. The van der Waals surface area contributed by atoms with Gasteiger partial charge in [-0.1, -0.05) is 19.1 Å². The minimum Gasteiger partial charge on any atom is -0.284 e. The number of aromatic nitrogens is 2. The van der Waals surface area contributed by atoms with E-state index in [2.05, 4.69) is 14.9 Å². The van der Waals surface area contributed by atoms with Gasteiger partial charge in [0.25, 0.3) is 10.0 Å². The number of nitrogens with zero attached hydrogens (tertiary/aromatic N) is 1. The molecule has 0 saturated heterocycles. The molecule has 0 aliphatic carbocycles. The summed E-state index contributed by atoms with van der Waals surface area (Å²) in [7, 11) is -3.54. The van der Waals surface area contributed by atoms with E-state index in [1.807, 2.05) is 25.1 Å². The van der Waals surface area contributed by atoms with Crippen LogP contribution in [-0.4, -0.2) is 18.6 Å². The van der Waals surface area contributed by atoms with Gasteiger partial charge in [-0.25, -0.2) is 8.42 Å². The Morgan fingerprint density at radius 2 is 2.24 bits per heavy atom. The van der Waals surface area contributed by atoms with Crippen molar-refractivity contribution in [3.8, 4) is 0 Å². The van der Waals surface area contributed by atoms with Gasteiger partial charge in [0.15, 0.2) is 0 Å². The van der Waals surface area contributed by atoms with Crippen molar-refractivity contribution in [2.24, 2.45) is 0 Å². The number of H-pyrrole nitrogens is 1. The monoisotopic (exact) mass is 251 g/mol. The summed E-state index contributed by atoms with van der Waals surface area (Å²) in [4.78, 5) is 0.124. The van der Waals surface area contributed by atoms with E-state index in [1.54, 1.807) is 6.07 Å². The summed E-state index contributed by atoms with van der Waals surface area (Å²) in [6.07, 6.45) is 3.47. The fourth-order valence-electron chi connectivity index (χ4n) is 1.45. The van der Waals surface area contributed by atoms with Crippen LogP contribution in [0.1, 0.15) is 12.5 Å². The van der Waals surface area contributed by atoms with E-state index in [-0.39, 0.29) is 4.90 Å². The first-order chi connectivity index (χ1) is 8.12. The molecule has 2 aromatic rings. The maximum absolute atomic E-state index is 11.9. The van der Waals surface area contributed by atoms with E-state index in [0.717, 1.165) is 12.0 Å². The largest absolute Gasteiger partial charge is 0.284 e. The van der Waals surface area contributed by atoms with Crippen molar-refractivity contribution in [3.05, 3.63) is 42.2 Å². The van der Waals surface area contributed by atoms with Crippen molar-refractivity contribution >= 4 is 15.7 Å². The normalized spacial score (nSPS) is 11.4. The number of hydrogen-bond donors (Lipinski definition) is 2. The Morgan fingerprint density at radius 1 is 1.41 bits per heavy atom. The maximum Gasteiger partial charge on any atom is 0.265 e. The molecule has 1 heterocycles. The predicted molar refractivity (Wildman–Crippen MR) is 65.2 cm³/mol. The summed E-state index contributed by atoms with van der Waals surface area (Å²) in [6, 6.07) is 7.32. The van der Waals surface area contributed by atoms with Crippen molar-refractivity contribution < 1.29 is 8.42 Å². The maximum atomic E-state index is 11.9. The molecule has 17 heavy (non-hydrogen) atoms. The molecule has 0 amide bonds. The summed E-state index contributed by atoms with van der Waals surface area (Å²) >= 11 is 0. The zero-order chi connectivity index (χ0) is 12.3. The Bertz CT molecular complexity index is 591. The van der Waals surface area contributed by atoms with E-state index >= 15 is 0 Å². The zero-order valence-corrected chi connectivity index (χ0v) is 10.2. The SMILES string of the molecule is CCc1cccc(NS(=O)(=O)c2cn[nH]c2)c1. The van der Waals surface area contributed by atoms with Crippen molar-refractivity contribution in [3.63, 3.8) is 0 Å². The number of anilines is 1. The van der Waals surface area contributed by atoms with Gasteiger partial charge in [0.2, 0.25) is 0 Å². The highest BCUT2D eigenvalue weighted by molar-refractivity contribution is 7.92. The van der Waals surface area contributed by atoms with Crippen molar-refractivity contribution in [1.82, 2.24) is 10.2 Å². The molecule has 6 heteroatoms. The van der Waals surface area contributed by atoms with Crippen LogP contribution in [0.4, 0.5) is 5.69 Å². The molecule has 2 rings (SSSR count). The van der Waals surface area contributed by atoms with E-state index in [9.17, 15) is 8.42 Å². The fourth-order valence-corrected chi connectivity index (χ4v) is 2.41. The zero-order valence-electron chi connectivity index (χ0n) is 9.34. The molecule has 0 spiro atoms. The molecular weight excluding hydrogens is 238 g/mol. The average molecular weight is 251 g/mol. The molecule has 0 bridgehead atoms. The fraction of sp³-hybridized carbons (Fsp3) is 0.182. The van der Waals surface area contributed by atoms with Crippen LogP contribution in [0.5, 0.6) is 0 Å². The summed E-state index contributed by atoms with van der Waals surface area (Å²) in [5, 5.41) is 6.09. The second-order valence-electron chi connectivity index (χ2n) is 3.59. The molecule has 5 nitrogen and oxygen atoms in total. The van der Waals surface area contributed by atoms with Gasteiger partial charge < -0.3 is 0 Å². The van der Waals surface area contributed by atoms with Crippen molar-refractivity contribution in [2.75, 3.05) is 4.72 Å². The van der Waals surface area contributed by atoms with Gasteiger partial charge >= 0.3 is 0 Å². The topological polar surface area (TPSA) is 74.8 Å². The number of sulfonamides is 1. The third kappa shape index (κ3) is 2.65. The lowest BCUT2D eigenvalue weighted by Gasteiger charge is -2.07. The minimum absolute atomic E-state index is 0.124. The van der Waals surface area contributed by atoms with Crippen LogP contribution >= 0.6 is 0 Å². The number of aryl methyl sites for hydroxylation is 1. The summed E-state index contributed by atoms with van der Waals surface area (Å²) in [5.74, 6) is 0. The van der Waals surface area contributed by atoms with Gasteiger partial charge in [-0.15, -0.1) is 0 Å². The Morgan fingerprint density at radius 3 is 2.88 bits per heavy atom. The van der Waals surface area contributed by atoms with Crippen LogP contribution in [0.2, 0.25) is 0 Å². The number of nitrogens with one attached hydrogen (secondary N) is 2. The first kappa shape index (κ1) is 11.7. The van der Waals surface area contributed by atoms with E-state index in [4.69, 9.17) is 0 Å². The molecule has 0 atom stereocenters. The smallest absolute Gasteiger partial charge is 0.265 e. The lowest BCUT2D eigenvalue weighted by molar-refractivity contribution is 0.601. The predicted octanol–water partition coefficient (Wildman–Crippen LogP) is 1.77. The molecule has 0 unspecified atom stereocenters. The lowest BCUT2D eigenvalue weighted by atomic mass is 10.1. The number of hydrogen-bond acceptors (Lipinski definition) is 3. The Kier molecular flexibility index (Phi) is 3.14. The summed E-state index contributed by atoms with van der Waals surface area (Å²) in [5.41, 5.74) is 1.64. The minimum atomic E-state index is -3.54. The second-order valence-corrected chi connectivity index (χ2v) is 5.28. The standard InChI is InChI=1S/C11H13N3O2S/c1-2-9-4-3-5-10(6-9)14-17(15,16)11-7-12-13-8-11/h3-8,14H,2H2,1H3,(H,12,13). The van der Waals surface area contributed by atoms with Gasteiger partial charge in [-0.3, -0.25) is 9.82 Å². The molecule has 2 N–H and O–H groups in total. The summed E-state index contributed by atoms with van der Waals surface area (Å²) in [6.45, 7) is 2.02. The van der Waals surface area contributed by atoms with Crippen LogP contribution in [0.3, 0.4) is 0 Å². The average Bonchev–Trinajstić information content (AvgIpc) is 2.83. The van der Waals surface area contributed by atoms with Crippen LogP contribution < -0.4 is 4.72 Å². The molecular formula is C11H13N3O2S. The molecule has 0 saturated carbocycles. The quantitative estimate of drug-likeness (QED) is 0.869. The Labute approximate surface area is 99.9 Å². The molecule has 0 aliphatic heterocycles. The third-order valence-corrected chi connectivity index (χ3v) is 3.72. The third-order valence-electron chi connectivity index (χ3n) is 2.37. The Hall–Kier alpha value is -1.82.